The Labute approximate surface area is 175 Å². The zero-order chi connectivity index (χ0) is 20.8. The molecular formula is C25H22N2O3. The topological polar surface area (TPSA) is 64.4 Å². The van der Waals surface area contributed by atoms with Crippen molar-refractivity contribution in [3.05, 3.63) is 96.2 Å². The predicted octanol–water partition coefficient (Wildman–Crippen LogP) is 4.99. The molecule has 0 bridgehead atoms. The molecule has 0 aliphatic heterocycles. The number of benzene rings is 3. The number of rotatable bonds is 7. The number of hydrogen-bond donors (Lipinski definition) is 1. The van der Waals surface area contributed by atoms with Crippen LogP contribution in [0.4, 0.5) is 0 Å². The van der Waals surface area contributed by atoms with Gasteiger partial charge >= 0.3 is 0 Å². The van der Waals surface area contributed by atoms with Gasteiger partial charge in [0.15, 0.2) is 5.76 Å². The predicted molar refractivity (Wildman–Crippen MR) is 116 cm³/mol. The van der Waals surface area contributed by atoms with Gasteiger partial charge < -0.3 is 14.5 Å². The van der Waals surface area contributed by atoms with Crippen molar-refractivity contribution in [2.24, 2.45) is 0 Å². The van der Waals surface area contributed by atoms with E-state index in [0.717, 1.165) is 16.9 Å². The van der Waals surface area contributed by atoms with Crippen LogP contribution < -0.4 is 10.1 Å². The molecule has 0 spiro atoms. The molecule has 3 aromatic carbocycles. The highest BCUT2D eigenvalue weighted by Crippen LogP contribution is 2.28. The fourth-order valence-electron chi connectivity index (χ4n) is 3.32. The minimum atomic E-state index is -0.167. The molecule has 1 heterocycles. The maximum atomic E-state index is 12.8. The standard InChI is InChI=1S/C25H22N2O3/c1-29-22-14-8-5-11-19(22)15-16-26-24(28)20-12-6-7-13-21(20)25-27-17-23(30-25)18-9-3-2-4-10-18/h2-14,17H,15-16H2,1H3,(H,26,28). The highest BCUT2D eigenvalue weighted by atomic mass is 16.5. The lowest BCUT2D eigenvalue weighted by Gasteiger charge is -2.10. The van der Waals surface area contributed by atoms with Crippen molar-refractivity contribution in [2.75, 3.05) is 13.7 Å². The van der Waals surface area contributed by atoms with Crippen LogP contribution in [0, 0.1) is 0 Å². The molecule has 150 valence electrons. The number of para-hydroxylation sites is 1. The van der Waals surface area contributed by atoms with Gasteiger partial charge in [-0.3, -0.25) is 4.79 Å². The summed E-state index contributed by atoms with van der Waals surface area (Å²) >= 11 is 0. The smallest absolute Gasteiger partial charge is 0.252 e. The quantitative estimate of drug-likeness (QED) is 0.476. The fraction of sp³-hybridized carbons (Fsp3) is 0.120. The summed E-state index contributed by atoms with van der Waals surface area (Å²) in [5.41, 5.74) is 3.18. The zero-order valence-electron chi connectivity index (χ0n) is 16.7. The number of amides is 1. The summed E-state index contributed by atoms with van der Waals surface area (Å²) < 4.78 is 11.3. The number of carbonyl (C=O) groups is 1. The summed E-state index contributed by atoms with van der Waals surface area (Å²) in [5, 5.41) is 2.98. The Bertz CT molecular complexity index is 1140. The highest BCUT2D eigenvalue weighted by molar-refractivity contribution is 6.00. The van der Waals surface area contributed by atoms with E-state index >= 15 is 0 Å². The number of oxazole rings is 1. The summed E-state index contributed by atoms with van der Waals surface area (Å²) in [6.45, 7) is 0.494. The van der Waals surface area contributed by atoms with Gasteiger partial charge in [-0.05, 0) is 30.2 Å². The fourth-order valence-corrected chi connectivity index (χ4v) is 3.32. The Kier molecular flexibility index (Phi) is 5.90. The third-order valence-corrected chi connectivity index (χ3v) is 4.84. The number of nitrogens with one attached hydrogen (secondary N) is 1. The van der Waals surface area contributed by atoms with E-state index in [9.17, 15) is 4.79 Å². The van der Waals surface area contributed by atoms with Crippen molar-refractivity contribution in [1.29, 1.82) is 0 Å². The Morgan fingerprint density at radius 3 is 2.53 bits per heavy atom. The number of aromatic nitrogens is 1. The first kappa shape index (κ1) is 19.5. The molecule has 0 atom stereocenters. The monoisotopic (exact) mass is 398 g/mol. The van der Waals surface area contributed by atoms with E-state index in [2.05, 4.69) is 10.3 Å². The van der Waals surface area contributed by atoms with E-state index in [1.54, 1.807) is 19.4 Å². The Hall–Kier alpha value is -3.86. The highest BCUT2D eigenvalue weighted by Gasteiger charge is 2.16. The molecule has 4 rings (SSSR count). The van der Waals surface area contributed by atoms with E-state index < -0.39 is 0 Å². The second kappa shape index (κ2) is 9.09. The van der Waals surface area contributed by atoms with Crippen LogP contribution in [0.15, 0.2) is 89.5 Å². The third kappa shape index (κ3) is 4.25. The van der Waals surface area contributed by atoms with Crippen LogP contribution in [0.1, 0.15) is 15.9 Å². The van der Waals surface area contributed by atoms with Crippen molar-refractivity contribution in [3.63, 3.8) is 0 Å². The van der Waals surface area contributed by atoms with Crippen LogP contribution in [0.2, 0.25) is 0 Å². The summed E-state index contributed by atoms with van der Waals surface area (Å²) in [7, 11) is 1.65. The van der Waals surface area contributed by atoms with E-state index in [0.29, 0.717) is 35.7 Å². The largest absolute Gasteiger partial charge is 0.496 e. The van der Waals surface area contributed by atoms with Crippen molar-refractivity contribution in [1.82, 2.24) is 10.3 Å². The minimum Gasteiger partial charge on any atom is -0.496 e. The average molecular weight is 398 g/mol. The van der Waals surface area contributed by atoms with Crippen LogP contribution in [-0.4, -0.2) is 24.5 Å². The molecule has 4 aromatic rings. The molecular weight excluding hydrogens is 376 g/mol. The minimum absolute atomic E-state index is 0.167. The van der Waals surface area contributed by atoms with E-state index in [1.165, 1.54) is 0 Å². The van der Waals surface area contributed by atoms with Crippen molar-refractivity contribution < 1.29 is 13.9 Å². The van der Waals surface area contributed by atoms with E-state index in [-0.39, 0.29) is 5.91 Å². The number of ether oxygens (including phenoxy) is 1. The van der Waals surface area contributed by atoms with Gasteiger partial charge in [0, 0.05) is 17.7 Å². The lowest BCUT2D eigenvalue weighted by molar-refractivity contribution is 0.0954. The Morgan fingerprint density at radius 1 is 0.967 bits per heavy atom. The molecule has 30 heavy (non-hydrogen) atoms. The number of nitrogens with zero attached hydrogens (tertiary/aromatic N) is 1. The molecule has 1 aromatic heterocycles. The van der Waals surface area contributed by atoms with Gasteiger partial charge in [0.05, 0.1) is 18.9 Å². The van der Waals surface area contributed by atoms with Crippen molar-refractivity contribution in [3.8, 4) is 28.5 Å². The molecule has 0 unspecified atom stereocenters. The normalized spacial score (nSPS) is 10.6. The lowest BCUT2D eigenvalue weighted by atomic mass is 10.1. The lowest BCUT2D eigenvalue weighted by Crippen LogP contribution is -2.26. The molecule has 1 amide bonds. The molecule has 1 N–H and O–H groups in total. The van der Waals surface area contributed by atoms with Gasteiger partial charge in [0.2, 0.25) is 5.89 Å². The van der Waals surface area contributed by atoms with Crippen LogP contribution in [0.25, 0.3) is 22.8 Å². The first-order valence-corrected chi connectivity index (χ1v) is 9.77. The van der Waals surface area contributed by atoms with Gasteiger partial charge in [-0.1, -0.05) is 60.7 Å². The first-order valence-electron chi connectivity index (χ1n) is 9.77. The van der Waals surface area contributed by atoms with Crippen LogP contribution >= 0.6 is 0 Å². The molecule has 0 saturated heterocycles. The third-order valence-electron chi connectivity index (χ3n) is 4.84. The molecule has 0 aliphatic carbocycles. The molecule has 5 nitrogen and oxygen atoms in total. The van der Waals surface area contributed by atoms with Crippen LogP contribution in [-0.2, 0) is 6.42 Å². The van der Waals surface area contributed by atoms with Gasteiger partial charge in [0.1, 0.15) is 5.75 Å². The van der Waals surface area contributed by atoms with Gasteiger partial charge in [-0.15, -0.1) is 0 Å². The molecule has 0 aliphatic rings. The molecule has 0 fully saturated rings. The van der Waals surface area contributed by atoms with E-state index in [1.807, 2.05) is 72.8 Å². The maximum absolute atomic E-state index is 12.8. The Morgan fingerprint density at radius 2 is 1.70 bits per heavy atom. The van der Waals surface area contributed by atoms with Gasteiger partial charge in [-0.2, -0.15) is 0 Å². The SMILES string of the molecule is COc1ccccc1CCNC(=O)c1ccccc1-c1ncc(-c2ccccc2)o1. The first-order chi connectivity index (χ1) is 14.8. The average Bonchev–Trinajstić information content (AvgIpc) is 3.30. The summed E-state index contributed by atoms with van der Waals surface area (Å²) in [6.07, 6.45) is 2.36. The Balaban J connectivity index is 1.49. The summed E-state index contributed by atoms with van der Waals surface area (Å²) in [6, 6.07) is 24.9. The molecule has 5 heteroatoms. The summed E-state index contributed by atoms with van der Waals surface area (Å²) in [5.74, 6) is 1.74. The second-order valence-corrected chi connectivity index (χ2v) is 6.76. The van der Waals surface area contributed by atoms with Gasteiger partial charge in [-0.25, -0.2) is 4.98 Å². The second-order valence-electron chi connectivity index (χ2n) is 6.76. The number of carbonyl (C=O) groups excluding carboxylic acids is 1. The molecule has 0 saturated carbocycles. The van der Waals surface area contributed by atoms with Crippen LogP contribution in [0.5, 0.6) is 5.75 Å². The maximum Gasteiger partial charge on any atom is 0.252 e. The van der Waals surface area contributed by atoms with Crippen molar-refractivity contribution in [2.45, 2.75) is 6.42 Å². The number of hydrogen-bond acceptors (Lipinski definition) is 4. The van der Waals surface area contributed by atoms with Crippen LogP contribution in [0.3, 0.4) is 0 Å². The zero-order valence-corrected chi connectivity index (χ0v) is 16.7. The van der Waals surface area contributed by atoms with Gasteiger partial charge in [0.25, 0.3) is 5.91 Å². The molecule has 0 radical (unpaired) electrons. The number of methoxy groups -OCH3 is 1. The summed E-state index contributed by atoms with van der Waals surface area (Å²) in [4.78, 5) is 17.2. The van der Waals surface area contributed by atoms with E-state index in [4.69, 9.17) is 9.15 Å². The van der Waals surface area contributed by atoms with Crippen molar-refractivity contribution >= 4 is 5.91 Å².